The van der Waals surface area contributed by atoms with Crippen molar-refractivity contribution in [1.29, 1.82) is 0 Å². The van der Waals surface area contributed by atoms with Crippen LogP contribution in [0.5, 0.6) is 11.5 Å². The first kappa shape index (κ1) is 14.6. The highest BCUT2D eigenvalue weighted by atomic mass is 19.1. The van der Waals surface area contributed by atoms with Crippen molar-refractivity contribution in [3.63, 3.8) is 0 Å². The van der Waals surface area contributed by atoms with E-state index in [1.54, 1.807) is 48.7 Å². The van der Waals surface area contributed by atoms with E-state index in [1.165, 1.54) is 6.20 Å². The lowest BCUT2D eigenvalue weighted by atomic mass is 10.2. The topological polar surface area (TPSA) is 91.0 Å². The fourth-order valence-electron chi connectivity index (χ4n) is 1.91. The molecule has 7 heteroatoms. The van der Waals surface area contributed by atoms with Crippen molar-refractivity contribution in [3.8, 4) is 22.9 Å². The van der Waals surface area contributed by atoms with Crippen molar-refractivity contribution in [2.75, 3.05) is 0 Å². The van der Waals surface area contributed by atoms with Gasteiger partial charge < -0.3 is 10.5 Å². The van der Waals surface area contributed by atoms with Crippen LogP contribution in [0, 0.1) is 5.95 Å². The van der Waals surface area contributed by atoms with Gasteiger partial charge in [-0.1, -0.05) is 18.2 Å². The molecule has 0 saturated heterocycles. The first-order chi connectivity index (χ1) is 11.1. The summed E-state index contributed by atoms with van der Waals surface area (Å²) in [6.07, 6.45) is 3.01. The second-order valence-electron chi connectivity index (χ2n) is 4.54. The summed E-state index contributed by atoms with van der Waals surface area (Å²) in [5, 5.41) is 0. The van der Waals surface area contributed by atoms with Gasteiger partial charge in [0.1, 0.15) is 5.75 Å². The average molecular weight is 310 g/mol. The minimum atomic E-state index is -0.975. The molecule has 0 atom stereocenters. The van der Waals surface area contributed by atoms with E-state index in [-0.39, 0.29) is 11.5 Å². The van der Waals surface area contributed by atoms with Crippen LogP contribution in [0.3, 0.4) is 0 Å². The van der Waals surface area contributed by atoms with Crippen molar-refractivity contribution in [3.05, 3.63) is 66.5 Å². The van der Waals surface area contributed by atoms with Gasteiger partial charge >= 0.3 is 0 Å². The Labute approximate surface area is 130 Å². The summed E-state index contributed by atoms with van der Waals surface area (Å²) in [4.78, 5) is 23.3. The van der Waals surface area contributed by atoms with Crippen LogP contribution in [0.15, 0.2) is 54.9 Å². The van der Waals surface area contributed by atoms with Gasteiger partial charge in [0.05, 0.1) is 0 Å². The number of hydrogen-bond donors (Lipinski definition) is 1. The van der Waals surface area contributed by atoms with Gasteiger partial charge in [0.2, 0.25) is 5.75 Å². The van der Waals surface area contributed by atoms with Crippen molar-refractivity contribution >= 4 is 5.91 Å². The first-order valence-corrected chi connectivity index (χ1v) is 6.66. The Kier molecular flexibility index (Phi) is 3.92. The van der Waals surface area contributed by atoms with E-state index >= 15 is 0 Å². The third kappa shape index (κ3) is 3.13. The van der Waals surface area contributed by atoms with Crippen LogP contribution in [-0.4, -0.2) is 20.9 Å². The molecule has 114 valence electrons. The number of ether oxygens (including phenoxy) is 1. The Morgan fingerprint density at radius 3 is 2.52 bits per heavy atom. The van der Waals surface area contributed by atoms with Crippen LogP contribution in [0.4, 0.5) is 4.39 Å². The number of rotatable bonds is 4. The normalized spacial score (nSPS) is 10.3. The van der Waals surface area contributed by atoms with Crippen molar-refractivity contribution < 1.29 is 13.9 Å². The smallest absolute Gasteiger partial charge is 0.271 e. The van der Waals surface area contributed by atoms with Crippen LogP contribution >= 0.6 is 0 Å². The molecule has 3 rings (SSSR count). The summed E-state index contributed by atoms with van der Waals surface area (Å²) in [5.74, 6) is -1.95. The van der Waals surface area contributed by atoms with E-state index in [0.717, 1.165) is 0 Å². The van der Waals surface area contributed by atoms with Crippen molar-refractivity contribution in [1.82, 2.24) is 15.0 Å². The minimum Gasteiger partial charge on any atom is -0.450 e. The van der Waals surface area contributed by atoms with E-state index in [0.29, 0.717) is 11.3 Å². The number of pyridine rings is 1. The largest absolute Gasteiger partial charge is 0.450 e. The van der Waals surface area contributed by atoms with E-state index < -0.39 is 17.6 Å². The number of halogens is 1. The third-order valence-electron chi connectivity index (χ3n) is 2.94. The monoisotopic (exact) mass is 310 g/mol. The van der Waals surface area contributed by atoms with Crippen molar-refractivity contribution in [2.24, 2.45) is 5.73 Å². The second-order valence-corrected chi connectivity index (χ2v) is 4.54. The summed E-state index contributed by atoms with van der Waals surface area (Å²) in [6, 6.07) is 11.7. The Morgan fingerprint density at radius 1 is 1.09 bits per heavy atom. The predicted molar refractivity (Wildman–Crippen MR) is 80.3 cm³/mol. The van der Waals surface area contributed by atoms with E-state index in [2.05, 4.69) is 15.0 Å². The lowest BCUT2D eigenvalue weighted by molar-refractivity contribution is 0.0992. The maximum absolute atomic E-state index is 14.3. The van der Waals surface area contributed by atoms with Gasteiger partial charge in [0, 0.05) is 18.0 Å². The molecule has 2 heterocycles. The van der Waals surface area contributed by atoms with Gasteiger partial charge in [-0.05, 0) is 24.3 Å². The number of para-hydroxylation sites is 1. The molecule has 0 saturated carbocycles. The highest BCUT2D eigenvalue weighted by Crippen LogP contribution is 2.28. The number of primary amides is 1. The molecule has 6 nitrogen and oxygen atoms in total. The zero-order valence-electron chi connectivity index (χ0n) is 11.8. The van der Waals surface area contributed by atoms with Crippen LogP contribution in [0.2, 0.25) is 0 Å². The summed E-state index contributed by atoms with van der Waals surface area (Å²) in [7, 11) is 0. The lowest BCUT2D eigenvalue weighted by Gasteiger charge is -2.10. The lowest BCUT2D eigenvalue weighted by Crippen LogP contribution is -2.17. The fraction of sp³-hybridized carbons (Fsp3) is 0. The molecular formula is C16H11FN4O2. The van der Waals surface area contributed by atoms with Crippen LogP contribution in [-0.2, 0) is 0 Å². The van der Waals surface area contributed by atoms with E-state index in [1.807, 2.05) is 0 Å². The summed E-state index contributed by atoms with van der Waals surface area (Å²) in [6.45, 7) is 0. The molecule has 0 bridgehead atoms. The van der Waals surface area contributed by atoms with Gasteiger partial charge in [-0.15, -0.1) is 0 Å². The molecule has 23 heavy (non-hydrogen) atoms. The number of aromatic nitrogens is 3. The average Bonchev–Trinajstić information content (AvgIpc) is 2.58. The maximum Gasteiger partial charge on any atom is 0.271 e. The quantitative estimate of drug-likeness (QED) is 0.748. The molecule has 0 radical (unpaired) electrons. The minimum absolute atomic E-state index is 0.00446. The first-order valence-electron chi connectivity index (χ1n) is 6.66. The Balaban J connectivity index is 2.08. The van der Waals surface area contributed by atoms with Crippen LogP contribution in [0.1, 0.15) is 10.5 Å². The zero-order chi connectivity index (χ0) is 16.2. The Morgan fingerprint density at radius 2 is 1.87 bits per heavy atom. The molecule has 0 aliphatic carbocycles. The fourth-order valence-corrected chi connectivity index (χ4v) is 1.91. The standard InChI is InChI=1S/C16H11FN4O2/c17-14-13(23-11-6-2-1-3-7-11)12(15(18)22)20-16(21-14)10-5-4-8-19-9-10/h1-9H,(H2,18,22). The van der Waals surface area contributed by atoms with E-state index in [9.17, 15) is 9.18 Å². The van der Waals surface area contributed by atoms with Gasteiger partial charge in [-0.2, -0.15) is 9.37 Å². The van der Waals surface area contributed by atoms with Gasteiger partial charge in [-0.25, -0.2) is 4.98 Å². The molecule has 2 aromatic heterocycles. The Hall–Kier alpha value is -3.35. The molecule has 0 unspecified atom stereocenters. The zero-order valence-corrected chi connectivity index (χ0v) is 11.8. The molecule has 0 fully saturated rings. The number of nitrogens with zero attached hydrogens (tertiary/aromatic N) is 3. The van der Waals surface area contributed by atoms with Gasteiger partial charge in [0.15, 0.2) is 11.5 Å². The number of benzene rings is 1. The molecule has 1 amide bonds. The SMILES string of the molecule is NC(=O)c1nc(-c2cccnc2)nc(F)c1Oc1ccccc1. The molecular weight excluding hydrogens is 299 g/mol. The number of hydrogen-bond acceptors (Lipinski definition) is 5. The molecule has 3 aromatic rings. The summed E-state index contributed by atoms with van der Waals surface area (Å²) in [5.41, 5.74) is 5.42. The maximum atomic E-state index is 14.3. The number of carbonyl (C=O) groups excluding carboxylic acids is 1. The Bertz CT molecular complexity index is 841. The molecule has 2 N–H and O–H groups in total. The molecule has 0 spiro atoms. The second kappa shape index (κ2) is 6.18. The third-order valence-corrected chi connectivity index (χ3v) is 2.94. The molecule has 0 aliphatic rings. The summed E-state index contributed by atoms with van der Waals surface area (Å²) >= 11 is 0. The van der Waals surface area contributed by atoms with Crippen LogP contribution < -0.4 is 10.5 Å². The molecule has 1 aromatic carbocycles. The van der Waals surface area contributed by atoms with Gasteiger partial charge in [0.25, 0.3) is 11.9 Å². The van der Waals surface area contributed by atoms with Gasteiger partial charge in [-0.3, -0.25) is 9.78 Å². The predicted octanol–water partition coefficient (Wildman–Crippen LogP) is 2.57. The van der Waals surface area contributed by atoms with Crippen LogP contribution in [0.25, 0.3) is 11.4 Å². The highest BCUT2D eigenvalue weighted by molar-refractivity contribution is 5.94. The number of amides is 1. The number of carbonyl (C=O) groups is 1. The highest BCUT2D eigenvalue weighted by Gasteiger charge is 2.21. The van der Waals surface area contributed by atoms with E-state index in [4.69, 9.17) is 10.5 Å². The summed E-state index contributed by atoms with van der Waals surface area (Å²) < 4.78 is 19.7. The molecule has 0 aliphatic heterocycles. The van der Waals surface area contributed by atoms with Crippen molar-refractivity contribution in [2.45, 2.75) is 0 Å². The number of nitrogens with two attached hydrogens (primary N) is 1.